The van der Waals surface area contributed by atoms with Gasteiger partial charge in [0.15, 0.2) is 5.15 Å². The summed E-state index contributed by atoms with van der Waals surface area (Å²) < 4.78 is 34.4. The van der Waals surface area contributed by atoms with Gasteiger partial charge in [0.1, 0.15) is 11.6 Å². The Balaban J connectivity index is 1.41. The number of sulfonamides is 1. The fourth-order valence-corrected chi connectivity index (χ4v) is 5.75. The van der Waals surface area contributed by atoms with Crippen LogP contribution in [0.25, 0.3) is 12.2 Å². The molecule has 7 nitrogen and oxygen atoms in total. The summed E-state index contributed by atoms with van der Waals surface area (Å²) in [6.45, 7) is 2.84. The highest BCUT2D eigenvalue weighted by Gasteiger charge is 2.16. The zero-order chi connectivity index (χ0) is 27.8. The summed E-state index contributed by atoms with van der Waals surface area (Å²) in [5.74, 6) is 1.13. The second-order valence-electron chi connectivity index (χ2n) is 9.55. The standard InChI is InChI=1S/C29H31Cl2N3O4S/c1-21-32-29(31)27(14-15-28(35)33-39(36,37)17-16-22-8-4-2-5-9-22)34(21)19-24-12-13-25(18-26(24)30)38-20-23-10-6-3-7-11-23/h2,4-5,8-9,12-18,23H,3,6-7,10-11,19-20H2,1H3,(H,33,35). The summed E-state index contributed by atoms with van der Waals surface area (Å²) in [7, 11) is -3.98. The van der Waals surface area contributed by atoms with Crippen molar-refractivity contribution < 1.29 is 17.9 Å². The molecule has 1 N–H and O–H groups in total. The lowest BCUT2D eigenvalue weighted by atomic mass is 9.90. The number of carbonyl (C=O) groups is 1. The zero-order valence-corrected chi connectivity index (χ0v) is 24.0. The molecule has 0 bridgehead atoms. The molecule has 39 heavy (non-hydrogen) atoms. The number of amides is 1. The minimum absolute atomic E-state index is 0.187. The van der Waals surface area contributed by atoms with Crippen LogP contribution in [0.15, 0.2) is 60.0 Å². The number of rotatable bonds is 10. The molecular formula is C29H31Cl2N3O4S. The molecule has 206 valence electrons. The molecule has 1 aliphatic rings. The highest BCUT2D eigenvalue weighted by atomic mass is 35.5. The third-order valence-corrected chi connectivity index (χ3v) is 8.20. The number of hydrogen-bond acceptors (Lipinski definition) is 5. The predicted molar refractivity (Wildman–Crippen MR) is 156 cm³/mol. The first-order valence-electron chi connectivity index (χ1n) is 12.8. The first-order valence-corrected chi connectivity index (χ1v) is 15.1. The molecule has 1 heterocycles. The van der Waals surface area contributed by atoms with E-state index >= 15 is 0 Å². The van der Waals surface area contributed by atoms with Crippen LogP contribution in [0.1, 0.15) is 54.7 Å². The molecule has 4 rings (SSSR count). The van der Waals surface area contributed by atoms with E-state index in [0.717, 1.165) is 22.8 Å². The third kappa shape index (κ3) is 8.46. The smallest absolute Gasteiger partial charge is 0.257 e. The molecule has 1 amide bonds. The second-order valence-corrected chi connectivity index (χ2v) is 11.9. The molecule has 1 fully saturated rings. The Hall–Kier alpha value is -3.07. The van der Waals surface area contributed by atoms with Gasteiger partial charge in [-0.1, -0.05) is 78.9 Å². The van der Waals surface area contributed by atoms with Crippen molar-refractivity contribution in [3.63, 3.8) is 0 Å². The van der Waals surface area contributed by atoms with Crippen molar-refractivity contribution in [2.75, 3.05) is 6.61 Å². The lowest BCUT2D eigenvalue weighted by Gasteiger charge is -2.21. The minimum atomic E-state index is -3.98. The lowest BCUT2D eigenvalue weighted by Crippen LogP contribution is -2.26. The van der Waals surface area contributed by atoms with Crippen LogP contribution in [0.3, 0.4) is 0 Å². The highest BCUT2D eigenvalue weighted by molar-refractivity contribution is 7.93. The summed E-state index contributed by atoms with van der Waals surface area (Å²) in [5.41, 5.74) is 1.97. The summed E-state index contributed by atoms with van der Waals surface area (Å²) >= 11 is 12.9. The van der Waals surface area contributed by atoms with Gasteiger partial charge in [-0.3, -0.25) is 4.79 Å². The van der Waals surface area contributed by atoms with Crippen LogP contribution >= 0.6 is 23.2 Å². The molecule has 0 spiro atoms. The Kier molecular flexibility index (Phi) is 9.88. The van der Waals surface area contributed by atoms with Gasteiger partial charge in [0.05, 0.1) is 24.3 Å². The van der Waals surface area contributed by atoms with Crippen LogP contribution in [0, 0.1) is 12.8 Å². The first-order chi connectivity index (χ1) is 18.7. The summed E-state index contributed by atoms with van der Waals surface area (Å²) in [6, 6.07) is 14.5. The number of halogens is 2. The maximum atomic E-state index is 12.4. The van der Waals surface area contributed by atoms with Crippen molar-refractivity contribution in [3.8, 4) is 5.75 Å². The van der Waals surface area contributed by atoms with E-state index in [9.17, 15) is 13.2 Å². The van der Waals surface area contributed by atoms with Crippen LogP contribution in [0.5, 0.6) is 5.75 Å². The van der Waals surface area contributed by atoms with E-state index in [1.54, 1.807) is 35.8 Å². The van der Waals surface area contributed by atoms with Crippen molar-refractivity contribution in [1.29, 1.82) is 0 Å². The number of nitrogens with zero attached hydrogens (tertiary/aromatic N) is 2. The largest absolute Gasteiger partial charge is 0.493 e. The normalized spacial score (nSPS) is 14.7. The average Bonchev–Trinajstić information content (AvgIpc) is 3.18. The van der Waals surface area contributed by atoms with Gasteiger partial charge in [-0.25, -0.2) is 18.1 Å². The zero-order valence-electron chi connectivity index (χ0n) is 21.6. The number of carbonyl (C=O) groups excluding carboxylic acids is 1. The van der Waals surface area contributed by atoms with Gasteiger partial charge in [0.2, 0.25) is 0 Å². The molecule has 3 aromatic rings. The van der Waals surface area contributed by atoms with E-state index in [-0.39, 0.29) is 5.15 Å². The van der Waals surface area contributed by atoms with E-state index in [1.807, 2.05) is 29.0 Å². The molecule has 0 atom stereocenters. The van der Waals surface area contributed by atoms with Gasteiger partial charge in [-0.2, -0.15) is 0 Å². The van der Waals surface area contributed by atoms with Crippen molar-refractivity contribution in [1.82, 2.24) is 14.3 Å². The number of nitrogens with one attached hydrogen (secondary N) is 1. The van der Waals surface area contributed by atoms with Crippen LogP contribution < -0.4 is 9.46 Å². The van der Waals surface area contributed by atoms with E-state index in [4.69, 9.17) is 27.9 Å². The quantitative estimate of drug-likeness (QED) is 0.269. The van der Waals surface area contributed by atoms with Gasteiger partial charge in [0.25, 0.3) is 15.9 Å². The molecular weight excluding hydrogens is 557 g/mol. The molecule has 1 aromatic heterocycles. The Morgan fingerprint density at radius 1 is 1.10 bits per heavy atom. The van der Waals surface area contributed by atoms with Crippen molar-refractivity contribution >= 4 is 51.3 Å². The molecule has 1 saturated carbocycles. The van der Waals surface area contributed by atoms with Crippen LogP contribution in [0.2, 0.25) is 10.2 Å². The molecule has 1 aliphatic carbocycles. The predicted octanol–water partition coefficient (Wildman–Crippen LogP) is 6.64. The number of imidazole rings is 1. The average molecular weight is 589 g/mol. The van der Waals surface area contributed by atoms with E-state index in [1.165, 1.54) is 44.3 Å². The van der Waals surface area contributed by atoms with Crippen LogP contribution in [-0.4, -0.2) is 30.5 Å². The number of aryl methyl sites for hydroxylation is 1. The number of ether oxygens (including phenoxy) is 1. The van der Waals surface area contributed by atoms with E-state index < -0.39 is 15.9 Å². The third-order valence-electron chi connectivity index (χ3n) is 6.59. The Morgan fingerprint density at radius 3 is 2.56 bits per heavy atom. The molecule has 0 saturated heterocycles. The number of aromatic nitrogens is 2. The highest BCUT2D eigenvalue weighted by Crippen LogP contribution is 2.28. The SMILES string of the molecule is Cc1nc(Cl)c(C=CC(=O)NS(=O)(=O)C=Cc2ccccc2)n1Cc1ccc(OCC2CCCCC2)cc1Cl. The van der Waals surface area contributed by atoms with E-state index in [0.29, 0.717) is 41.2 Å². The number of benzene rings is 2. The van der Waals surface area contributed by atoms with Gasteiger partial charge in [0, 0.05) is 11.1 Å². The maximum Gasteiger partial charge on any atom is 0.257 e. The fraction of sp³-hybridized carbons (Fsp3) is 0.310. The van der Waals surface area contributed by atoms with Crippen molar-refractivity contribution in [3.05, 3.63) is 92.8 Å². The molecule has 2 aromatic carbocycles. The van der Waals surface area contributed by atoms with Crippen molar-refractivity contribution in [2.45, 2.75) is 45.6 Å². The summed E-state index contributed by atoms with van der Waals surface area (Å²) in [6.07, 6.45) is 10.2. The summed E-state index contributed by atoms with van der Waals surface area (Å²) in [5, 5.41) is 1.68. The van der Waals surface area contributed by atoms with Gasteiger partial charge < -0.3 is 9.30 Å². The van der Waals surface area contributed by atoms with Crippen LogP contribution in [0.4, 0.5) is 0 Å². The first kappa shape index (κ1) is 28.9. The molecule has 0 radical (unpaired) electrons. The molecule has 10 heteroatoms. The Labute approximate surface area is 239 Å². The maximum absolute atomic E-state index is 12.4. The molecule has 0 aliphatic heterocycles. The Morgan fingerprint density at radius 2 is 1.85 bits per heavy atom. The van der Waals surface area contributed by atoms with Gasteiger partial charge in [-0.05, 0) is 61.1 Å². The summed E-state index contributed by atoms with van der Waals surface area (Å²) in [4.78, 5) is 16.7. The minimum Gasteiger partial charge on any atom is -0.493 e. The molecule has 0 unspecified atom stereocenters. The topological polar surface area (TPSA) is 90.3 Å². The monoisotopic (exact) mass is 587 g/mol. The van der Waals surface area contributed by atoms with Gasteiger partial charge >= 0.3 is 0 Å². The van der Waals surface area contributed by atoms with E-state index in [2.05, 4.69) is 4.98 Å². The fourth-order valence-electron chi connectivity index (χ4n) is 4.48. The Bertz CT molecular complexity index is 1460. The lowest BCUT2D eigenvalue weighted by molar-refractivity contribution is -0.114. The van der Waals surface area contributed by atoms with Gasteiger partial charge in [-0.15, -0.1) is 0 Å². The second kappa shape index (κ2) is 13.3. The van der Waals surface area contributed by atoms with Crippen LogP contribution in [-0.2, 0) is 21.4 Å². The number of hydrogen-bond donors (Lipinski definition) is 1. The van der Waals surface area contributed by atoms with Crippen molar-refractivity contribution in [2.24, 2.45) is 5.92 Å².